The third-order valence-corrected chi connectivity index (χ3v) is 5.44. The second kappa shape index (κ2) is 7.06. The van der Waals surface area contributed by atoms with Crippen molar-refractivity contribution in [2.75, 3.05) is 11.9 Å². The summed E-state index contributed by atoms with van der Waals surface area (Å²) >= 11 is 0. The highest BCUT2D eigenvalue weighted by Crippen LogP contribution is 2.47. The number of benzene rings is 1. The largest absolute Gasteiger partial charge is 0.494 e. The normalized spacial score (nSPS) is 20.0. The fourth-order valence-electron chi connectivity index (χ4n) is 4.26. The Hall–Kier alpha value is -3.09. The van der Waals surface area contributed by atoms with E-state index >= 15 is 0 Å². The summed E-state index contributed by atoms with van der Waals surface area (Å²) in [5.74, 6) is 0.590. The zero-order valence-corrected chi connectivity index (χ0v) is 16.8. The first-order valence-corrected chi connectivity index (χ1v) is 9.91. The molecule has 7 nitrogen and oxygen atoms in total. The summed E-state index contributed by atoms with van der Waals surface area (Å²) in [4.78, 5) is 42.7. The zero-order valence-electron chi connectivity index (χ0n) is 16.8. The van der Waals surface area contributed by atoms with Gasteiger partial charge in [-0.1, -0.05) is 32.9 Å². The van der Waals surface area contributed by atoms with Crippen LogP contribution in [0.1, 0.15) is 57.1 Å². The minimum absolute atomic E-state index is 0.0244. The first-order chi connectivity index (χ1) is 13.8. The van der Waals surface area contributed by atoms with Gasteiger partial charge in [-0.25, -0.2) is 4.79 Å². The minimum Gasteiger partial charge on any atom is -0.494 e. The second-order valence-corrected chi connectivity index (χ2v) is 8.51. The van der Waals surface area contributed by atoms with E-state index in [2.05, 4.69) is 15.3 Å². The number of nitrogens with one attached hydrogen (secondary N) is 3. The molecule has 3 N–H and O–H groups in total. The Balaban J connectivity index is 1.87. The number of carbonyl (C=O) groups excluding carboxylic acids is 1. The summed E-state index contributed by atoms with van der Waals surface area (Å²) in [7, 11) is 0. The zero-order chi connectivity index (χ0) is 20.8. The van der Waals surface area contributed by atoms with Crippen LogP contribution in [-0.4, -0.2) is 22.4 Å². The van der Waals surface area contributed by atoms with E-state index in [1.54, 1.807) is 0 Å². The Morgan fingerprint density at radius 3 is 2.48 bits per heavy atom. The highest BCUT2D eigenvalue weighted by atomic mass is 16.5. The van der Waals surface area contributed by atoms with Crippen LogP contribution in [0.3, 0.4) is 0 Å². The molecule has 29 heavy (non-hydrogen) atoms. The number of hydrogen-bond donors (Lipinski definition) is 3. The van der Waals surface area contributed by atoms with Gasteiger partial charge in [-0.3, -0.25) is 19.6 Å². The van der Waals surface area contributed by atoms with Crippen LogP contribution in [0.15, 0.2) is 45.1 Å². The van der Waals surface area contributed by atoms with Crippen LogP contribution in [0.4, 0.5) is 5.82 Å². The van der Waals surface area contributed by atoms with E-state index < -0.39 is 17.2 Å². The first-order valence-electron chi connectivity index (χ1n) is 9.91. The summed E-state index contributed by atoms with van der Waals surface area (Å²) in [5.41, 5.74) is 1.30. The summed E-state index contributed by atoms with van der Waals surface area (Å²) < 4.78 is 5.65. The highest BCUT2D eigenvalue weighted by molar-refractivity contribution is 6.01. The summed E-state index contributed by atoms with van der Waals surface area (Å²) in [6.07, 6.45) is 1.99. The van der Waals surface area contributed by atoms with Crippen molar-refractivity contribution in [3.05, 3.63) is 67.5 Å². The molecule has 1 aliphatic carbocycles. The van der Waals surface area contributed by atoms with Crippen molar-refractivity contribution in [1.82, 2.24) is 9.97 Å². The average Bonchev–Trinajstić information content (AvgIpc) is 2.64. The molecule has 0 saturated heterocycles. The molecule has 0 amide bonds. The number of ketones is 1. The smallest absolute Gasteiger partial charge is 0.327 e. The van der Waals surface area contributed by atoms with Gasteiger partial charge in [0.15, 0.2) is 5.78 Å². The molecule has 1 atom stereocenters. The second-order valence-electron chi connectivity index (χ2n) is 8.51. The first kappa shape index (κ1) is 19.2. The van der Waals surface area contributed by atoms with Crippen LogP contribution < -0.4 is 21.3 Å². The molecule has 0 spiro atoms. The van der Waals surface area contributed by atoms with Gasteiger partial charge in [-0.2, -0.15) is 0 Å². The van der Waals surface area contributed by atoms with Crippen molar-refractivity contribution >= 4 is 11.6 Å². The van der Waals surface area contributed by atoms with Crippen molar-refractivity contribution in [3.8, 4) is 5.75 Å². The van der Waals surface area contributed by atoms with Crippen molar-refractivity contribution in [2.24, 2.45) is 5.41 Å². The number of aromatic nitrogens is 2. The van der Waals surface area contributed by atoms with E-state index in [1.165, 1.54) is 0 Å². The van der Waals surface area contributed by atoms with Crippen LogP contribution in [0, 0.1) is 5.41 Å². The maximum absolute atomic E-state index is 13.1. The number of rotatable bonds is 4. The standard InChI is InChI=1S/C22H25N3O4/c1-4-9-29-13-7-5-12(6-8-13)16-17-14(10-22(2,3)11-15(17)26)23-19-18(16)20(27)25-21(28)24-19/h5-8,16H,4,9-11H2,1-3H3,(H3,23,24,25,27,28). The van der Waals surface area contributed by atoms with E-state index in [1.807, 2.05) is 45.0 Å². The lowest BCUT2D eigenvalue weighted by molar-refractivity contribution is -0.118. The highest BCUT2D eigenvalue weighted by Gasteiger charge is 2.42. The molecule has 1 aromatic heterocycles. The Bertz CT molecular complexity index is 1110. The molecule has 152 valence electrons. The van der Waals surface area contributed by atoms with Gasteiger partial charge in [-0.05, 0) is 36.0 Å². The van der Waals surface area contributed by atoms with Crippen molar-refractivity contribution in [1.29, 1.82) is 0 Å². The lowest BCUT2D eigenvalue weighted by Gasteiger charge is -2.38. The van der Waals surface area contributed by atoms with Gasteiger partial charge in [0, 0.05) is 23.6 Å². The molecule has 0 fully saturated rings. The number of fused-ring (bicyclic) bond motifs is 1. The van der Waals surface area contributed by atoms with E-state index in [-0.39, 0.29) is 11.2 Å². The Labute approximate surface area is 168 Å². The number of aromatic amines is 2. The topological polar surface area (TPSA) is 104 Å². The van der Waals surface area contributed by atoms with Crippen LogP contribution in [0.2, 0.25) is 0 Å². The minimum atomic E-state index is -0.575. The third kappa shape index (κ3) is 3.52. The maximum Gasteiger partial charge on any atom is 0.327 e. The monoisotopic (exact) mass is 395 g/mol. The van der Waals surface area contributed by atoms with Crippen LogP contribution in [-0.2, 0) is 4.79 Å². The summed E-state index contributed by atoms with van der Waals surface area (Å²) in [6, 6.07) is 7.47. The van der Waals surface area contributed by atoms with E-state index in [0.717, 1.165) is 23.4 Å². The van der Waals surface area contributed by atoms with Crippen molar-refractivity contribution in [3.63, 3.8) is 0 Å². The van der Waals surface area contributed by atoms with Gasteiger partial charge < -0.3 is 10.1 Å². The molecule has 2 aromatic rings. The van der Waals surface area contributed by atoms with Gasteiger partial charge in [0.25, 0.3) is 5.56 Å². The Morgan fingerprint density at radius 2 is 1.79 bits per heavy atom. The maximum atomic E-state index is 13.1. The number of Topliss-reactive ketones (excluding diaryl/α,β-unsaturated/α-hetero) is 1. The predicted molar refractivity (Wildman–Crippen MR) is 110 cm³/mol. The lowest BCUT2D eigenvalue weighted by Crippen LogP contribution is -2.38. The molecule has 0 saturated carbocycles. The van der Waals surface area contributed by atoms with Crippen molar-refractivity contribution in [2.45, 2.75) is 46.0 Å². The fourth-order valence-corrected chi connectivity index (χ4v) is 4.26. The van der Waals surface area contributed by atoms with E-state index in [9.17, 15) is 14.4 Å². The summed E-state index contributed by atoms with van der Waals surface area (Å²) in [6.45, 7) is 6.75. The average molecular weight is 395 g/mol. The molecule has 0 radical (unpaired) electrons. The Kier molecular flexibility index (Phi) is 4.68. The summed E-state index contributed by atoms with van der Waals surface area (Å²) in [5, 5.41) is 3.16. The van der Waals surface area contributed by atoms with Gasteiger partial charge in [0.1, 0.15) is 11.6 Å². The SMILES string of the molecule is CCCOc1ccc(C2C3=C(CC(C)(C)CC3=O)Nc3[nH]c(=O)[nH]c(=O)c32)cc1. The van der Waals surface area contributed by atoms with Crippen LogP contribution in [0.5, 0.6) is 5.75 Å². The van der Waals surface area contributed by atoms with Crippen molar-refractivity contribution < 1.29 is 9.53 Å². The molecule has 2 aliphatic rings. The van der Waals surface area contributed by atoms with Gasteiger partial charge >= 0.3 is 5.69 Å². The number of allylic oxidation sites excluding steroid dienone is 2. The number of hydrogen-bond acceptors (Lipinski definition) is 5. The quantitative estimate of drug-likeness (QED) is 0.738. The number of anilines is 1. The molecule has 4 rings (SSSR count). The molecule has 1 aromatic carbocycles. The third-order valence-electron chi connectivity index (χ3n) is 5.44. The molecule has 0 bridgehead atoms. The molecule has 7 heteroatoms. The molecular formula is C22H25N3O4. The van der Waals surface area contributed by atoms with Gasteiger partial charge in [0.2, 0.25) is 0 Å². The fraction of sp³-hybridized carbons (Fsp3) is 0.409. The lowest BCUT2D eigenvalue weighted by atomic mass is 9.69. The van der Waals surface area contributed by atoms with E-state index in [0.29, 0.717) is 36.4 Å². The predicted octanol–water partition coefficient (Wildman–Crippen LogP) is 3.05. The number of ether oxygens (including phenoxy) is 1. The molecule has 1 unspecified atom stereocenters. The van der Waals surface area contributed by atoms with Crippen LogP contribution >= 0.6 is 0 Å². The van der Waals surface area contributed by atoms with Gasteiger partial charge in [0.05, 0.1) is 12.2 Å². The number of carbonyl (C=O) groups is 1. The number of H-pyrrole nitrogens is 2. The molecular weight excluding hydrogens is 370 g/mol. The Morgan fingerprint density at radius 1 is 1.07 bits per heavy atom. The van der Waals surface area contributed by atoms with Gasteiger partial charge in [-0.15, -0.1) is 0 Å². The van der Waals surface area contributed by atoms with E-state index in [4.69, 9.17) is 4.74 Å². The molecule has 1 aliphatic heterocycles. The van der Waals surface area contributed by atoms with Crippen LogP contribution in [0.25, 0.3) is 0 Å². The molecule has 2 heterocycles.